The van der Waals surface area contributed by atoms with Crippen molar-refractivity contribution < 1.29 is 4.74 Å². The maximum atomic E-state index is 4.83. The molecule has 0 saturated heterocycles. The first-order chi connectivity index (χ1) is 3.31. The Bertz CT molecular complexity index is 39.5. The maximum Gasteiger partial charge on any atom is 0.0613 e. The van der Waals surface area contributed by atoms with Gasteiger partial charge in [-0.1, -0.05) is 7.43 Å². The second kappa shape index (κ2) is 6.92. The van der Waals surface area contributed by atoms with E-state index < -0.39 is 0 Å². The van der Waals surface area contributed by atoms with Crippen LogP contribution in [0.4, 0.5) is 0 Å². The molecule has 0 saturated carbocycles. The summed E-state index contributed by atoms with van der Waals surface area (Å²) >= 11 is 0. The van der Waals surface area contributed by atoms with Crippen molar-refractivity contribution in [3.05, 3.63) is 0 Å². The second-order valence-corrected chi connectivity index (χ2v) is 1.65. The highest BCUT2D eigenvalue weighted by molar-refractivity contribution is 4.51. The summed E-state index contributed by atoms with van der Waals surface area (Å²) in [6.07, 6.45) is 0. The molecule has 0 aliphatic heterocycles. The number of hydrogen-bond donors (Lipinski definition) is 1. The minimum Gasteiger partial charge on any atom is -0.383 e. The lowest BCUT2D eigenvalue weighted by Gasteiger charge is -2.05. The van der Waals surface area contributed by atoms with Gasteiger partial charge in [-0.15, -0.1) is 0 Å². The van der Waals surface area contributed by atoms with E-state index in [0.717, 1.165) is 6.61 Å². The number of hydrogen-bond acceptors (Lipinski definition) is 2. The van der Waals surface area contributed by atoms with E-state index in [2.05, 4.69) is 12.2 Å². The van der Waals surface area contributed by atoms with Crippen LogP contribution >= 0.6 is 0 Å². The molecule has 0 spiro atoms. The average molecular weight is 119 g/mol. The summed E-state index contributed by atoms with van der Waals surface area (Å²) in [5.41, 5.74) is 0. The van der Waals surface area contributed by atoms with Gasteiger partial charge in [0.2, 0.25) is 0 Å². The third-order valence-corrected chi connectivity index (χ3v) is 0.909. The fourth-order valence-electron chi connectivity index (χ4n) is 0.333. The predicted octanol–water partition coefficient (Wildman–Crippen LogP) is 0.877. The van der Waals surface area contributed by atoms with Gasteiger partial charge in [0.05, 0.1) is 6.61 Å². The monoisotopic (exact) mass is 119 g/mol. The molecule has 0 rings (SSSR count). The van der Waals surface area contributed by atoms with Crippen molar-refractivity contribution >= 4 is 0 Å². The van der Waals surface area contributed by atoms with Gasteiger partial charge < -0.3 is 10.1 Å². The molecule has 0 radical (unpaired) electrons. The molecule has 0 amide bonds. The van der Waals surface area contributed by atoms with Gasteiger partial charge in [-0.05, 0) is 14.0 Å². The molecule has 1 atom stereocenters. The van der Waals surface area contributed by atoms with Crippen molar-refractivity contribution in [3.8, 4) is 0 Å². The van der Waals surface area contributed by atoms with E-state index in [9.17, 15) is 0 Å². The zero-order valence-electron chi connectivity index (χ0n) is 5.19. The molecule has 8 heavy (non-hydrogen) atoms. The fraction of sp³-hybridized carbons (Fsp3) is 1.00. The lowest BCUT2D eigenvalue weighted by Crippen LogP contribution is -2.25. The van der Waals surface area contributed by atoms with Crippen molar-refractivity contribution in [1.82, 2.24) is 5.32 Å². The molecule has 0 heterocycles. The average Bonchev–Trinajstić information content (AvgIpc) is 1.68. The molecule has 0 fully saturated rings. The largest absolute Gasteiger partial charge is 0.383 e. The van der Waals surface area contributed by atoms with E-state index >= 15 is 0 Å². The van der Waals surface area contributed by atoms with Gasteiger partial charge in [-0.3, -0.25) is 0 Å². The SMILES string of the molecule is C.CNC(C)COC. The minimum atomic E-state index is 0. The molecule has 2 heteroatoms. The van der Waals surface area contributed by atoms with Crippen LogP contribution in [0.2, 0.25) is 0 Å². The highest BCUT2D eigenvalue weighted by Crippen LogP contribution is 1.76. The number of nitrogens with one attached hydrogen (secondary N) is 1. The second-order valence-electron chi connectivity index (χ2n) is 1.65. The van der Waals surface area contributed by atoms with Crippen molar-refractivity contribution in [2.24, 2.45) is 0 Å². The lowest BCUT2D eigenvalue weighted by atomic mass is 10.4. The Morgan fingerprint density at radius 1 is 1.62 bits per heavy atom. The first-order valence-corrected chi connectivity index (χ1v) is 2.47. The van der Waals surface area contributed by atoms with Gasteiger partial charge in [-0.2, -0.15) is 0 Å². The van der Waals surface area contributed by atoms with Crippen LogP contribution in [0, 0.1) is 0 Å². The number of likely N-dealkylation sites (N-methyl/N-ethyl adjacent to an activating group) is 1. The molecule has 2 nitrogen and oxygen atoms in total. The summed E-state index contributed by atoms with van der Waals surface area (Å²) in [6, 6.07) is 0.477. The maximum absolute atomic E-state index is 4.83. The van der Waals surface area contributed by atoms with Crippen LogP contribution in [-0.4, -0.2) is 26.8 Å². The zero-order valence-corrected chi connectivity index (χ0v) is 5.19. The topological polar surface area (TPSA) is 21.3 Å². The van der Waals surface area contributed by atoms with Gasteiger partial charge in [0.25, 0.3) is 0 Å². The predicted molar refractivity (Wildman–Crippen MR) is 37.1 cm³/mol. The molecule has 0 aromatic carbocycles. The van der Waals surface area contributed by atoms with Crippen LogP contribution in [0.3, 0.4) is 0 Å². The Labute approximate surface area is 52.2 Å². The molecule has 1 N–H and O–H groups in total. The molecule has 0 aromatic rings. The molecule has 52 valence electrons. The third kappa shape index (κ3) is 5.92. The van der Waals surface area contributed by atoms with Crippen LogP contribution in [0.25, 0.3) is 0 Å². The van der Waals surface area contributed by atoms with E-state index in [1.165, 1.54) is 0 Å². The van der Waals surface area contributed by atoms with E-state index in [1.807, 2.05) is 7.05 Å². The van der Waals surface area contributed by atoms with Crippen molar-refractivity contribution in [2.75, 3.05) is 20.8 Å². The smallest absolute Gasteiger partial charge is 0.0613 e. The molecular weight excluding hydrogens is 102 g/mol. The van der Waals surface area contributed by atoms with Crippen LogP contribution in [-0.2, 0) is 4.74 Å². The van der Waals surface area contributed by atoms with Gasteiger partial charge in [-0.25, -0.2) is 0 Å². The fourth-order valence-corrected chi connectivity index (χ4v) is 0.333. The lowest BCUT2D eigenvalue weighted by molar-refractivity contribution is 0.175. The van der Waals surface area contributed by atoms with Gasteiger partial charge in [0.15, 0.2) is 0 Å². The quantitative estimate of drug-likeness (QED) is 0.595. The molecule has 0 aliphatic carbocycles. The van der Waals surface area contributed by atoms with Crippen LogP contribution in [0.15, 0.2) is 0 Å². The number of methoxy groups -OCH3 is 1. The van der Waals surface area contributed by atoms with Crippen molar-refractivity contribution in [3.63, 3.8) is 0 Å². The minimum absolute atomic E-state index is 0. The van der Waals surface area contributed by atoms with Crippen molar-refractivity contribution in [2.45, 2.75) is 20.4 Å². The summed E-state index contributed by atoms with van der Waals surface area (Å²) in [4.78, 5) is 0. The third-order valence-electron chi connectivity index (χ3n) is 0.909. The molecule has 1 unspecified atom stereocenters. The van der Waals surface area contributed by atoms with Gasteiger partial charge >= 0.3 is 0 Å². The van der Waals surface area contributed by atoms with Crippen LogP contribution in [0.1, 0.15) is 14.4 Å². The molecule has 0 bridgehead atoms. The van der Waals surface area contributed by atoms with Crippen LogP contribution < -0.4 is 5.32 Å². The van der Waals surface area contributed by atoms with E-state index in [-0.39, 0.29) is 7.43 Å². The highest BCUT2D eigenvalue weighted by atomic mass is 16.5. The van der Waals surface area contributed by atoms with Crippen molar-refractivity contribution in [1.29, 1.82) is 0 Å². The number of ether oxygens (including phenoxy) is 1. The first kappa shape index (κ1) is 10.8. The normalized spacial score (nSPS) is 12.4. The first-order valence-electron chi connectivity index (χ1n) is 2.47. The Morgan fingerprint density at radius 3 is 2.25 bits per heavy atom. The summed E-state index contributed by atoms with van der Waals surface area (Å²) in [5, 5.41) is 3.04. The Hall–Kier alpha value is -0.0800. The molecule has 0 aliphatic rings. The van der Waals surface area contributed by atoms with E-state index in [4.69, 9.17) is 4.74 Å². The van der Waals surface area contributed by atoms with E-state index in [1.54, 1.807) is 7.11 Å². The van der Waals surface area contributed by atoms with Gasteiger partial charge in [0, 0.05) is 13.2 Å². The molecule has 0 aromatic heterocycles. The highest BCUT2D eigenvalue weighted by Gasteiger charge is 1.91. The Morgan fingerprint density at radius 2 is 2.12 bits per heavy atom. The summed E-state index contributed by atoms with van der Waals surface area (Å²) in [5.74, 6) is 0. The standard InChI is InChI=1S/C5H13NO.CH4/c1-5(6-2)4-7-3;/h5-6H,4H2,1-3H3;1H4. The summed E-state index contributed by atoms with van der Waals surface area (Å²) in [7, 11) is 3.62. The number of rotatable bonds is 3. The Kier molecular flexibility index (Phi) is 9.36. The van der Waals surface area contributed by atoms with Crippen LogP contribution in [0.5, 0.6) is 0 Å². The molecular formula is C6H17NO. The van der Waals surface area contributed by atoms with Gasteiger partial charge in [0.1, 0.15) is 0 Å². The Balaban J connectivity index is 0. The van der Waals surface area contributed by atoms with E-state index in [0.29, 0.717) is 6.04 Å². The zero-order chi connectivity index (χ0) is 5.70. The summed E-state index contributed by atoms with van der Waals surface area (Å²) < 4.78 is 4.83. The summed E-state index contributed by atoms with van der Waals surface area (Å²) in [6.45, 7) is 2.86.